The highest BCUT2D eigenvalue weighted by Gasteiger charge is 2.48. The van der Waals surface area contributed by atoms with Crippen molar-refractivity contribution in [3.8, 4) is 0 Å². The zero-order valence-corrected chi connectivity index (χ0v) is 16.5. The average Bonchev–Trinajstić information content (AvgIpc) is 3.43. The highest BCUT2D eigenvalue weighted by atomic mass is 16.2. The zero-order valence-electron chi connectivity index (χ0n) is 16.5. The third kappa shape index (κ3) is 4.76. The first-order valence-corrected chi connectivity index (χ1v) is 9.66. The second-order valence-corrected chi connectivity index (χ2v) is 7.98. The first-order chi connectivity index (χ1) is 12.8. The zero-order chi connectivity index (χ0) is 19.6. The van der Waals surface area contributed by atoms with Crippen molar-refractivity contribution in [1.29, 1.82) is 0 Å². The van der Waals surface area contributed by atoms with Crippen LogP contribution in [0, 0.1) is 11.8 Å². The largest absolute Gasteiger partial charge is 0.326 e. The van der Waals surface area contributed by atoms with Gasteiger partial charge in [0.15, 0.2) is 0 Å². The van der Waals surface area contributed by atoms with Gasteiger partial charge in [-0.25, -0.2) is 0 Å². The smallest absolute Gasteiger partial charge is 0.228 e. The van der Waals surface area contributed by atoms with Gasteiger partial charge >= 0.3 is 0 Å². The van der Waals surface area contributed by atoms with Crippen LogP contribution in [0.15, 0.2) is 48.5 Å². The van der Waals surface area contributed by atoms with Gasteiger partial charge in [0.05, 0.1) is 11.8 Å². The van der Waals surface area contributed by atoms with Crippen molar-refractivity contribution in [2.45, 2.75) is 46.0 Å². The molecule has 1 saturated carbocycles. The van der Waals surface area contributed by atoms with Crippen LogP contribution in [0.2, 0.25) is 0 Å². The molecule has 4 heteroatoms. The maximum Gasteiger partial charge on any atom is 0.228 e. The first kappa shape index (κ1) is 19.2. The SMILES string of the molecule is CC(C)c1ccc(NC(=O)C2CC2C(=O)Nc2ccc(C(C)C)cc2)cc1. The van der Waals surface area contributed by atoms with Crippen molar-refractivity contribution in [2.75, 3.05) is 10.6 Å². The third-order valence-electron chi connectivity index (χ3n) is 5.15. The summed E-state index contributed by atoms with van der Waals surface area (Å²) in [5, 5.41) is 5.84. The Morgan fingerprint density at radius 3 is 1.33 bits per heavy atom. The number of rotatable bonds is 6. The Morgan fingerprint density at radius 2 is 1.04 bits per heavy atom. The molecule has 2 amide bonds. The molecule has 0 heterocycles. The summed E-state index contributed by atoms with van der Waals surface area (Å²) < 4.78 is 0. The molecule has 0 bridgehead atoms. The van der Waals surface area contributed by atoms with Crippen LogP contribution in [0.1, 0.15) is 57.1 Å². The minimum atomic E-state index is -0.246. The Morgan fingerprint density at radius 1 is 0.704 bits per heavy atom. The number of hydrogen-bond acceptors (Lipinski definition) is 2. The second kappa shape index (κ2) is 7.95. The number of carbonyl (C=O) groups is 2. The molecule has 2 N–H and O–H groups in total. The van der Waals surface area contributed by atoms with Crippen LogP contribution in [0.25, 0.3) is 0 Å². The van der Waals surface area contributed by atoms with Gasteiger partial charge in [-0.3, -0.25) is 9.59 Å². The van der Waals surface area contributed by atoms with Crippen molar-refractivity contribution in [2.24, 2.45) is 11.8 Å². The summed E-state index contributed by atoms with van der Waals surface area (Å²) in [6.07, 6.45) is 0.603. The summed E-state index contributed by atoms with van der Waals surface area (Å²) in [6.45, 7) is 8.55. The number of benzene rings is 2. The molecule has 1 aliphatic rings. The minimum absolute atomic E-state index is 0.0809. The van der Waals surface area contributed by atoms with E-state index in [0.717, 1.165) is 11.4 Å². The van der Waals surface area contributed by atoms with Crippen LogP contribution in [-0.2, 0) is 9.59 Å². The van der Waals surface area contributed by atoms with Gasteiger partial charge in [0.25, 0.3) is 0 Å². The van der Waals surface area contributed by atoms with E-state index in [1.807, 2.05) is 48.5 Å². The van der Waals surface area contributed by atoms with Gasteiger partial charge < -0.3 is 10.6 Å². The monoisotopic (exact) mass is 364 g/mol. The Bertz CT molecular complexity index is 738. The molecule has 2 atom stereocenters. The fraction of sp³-hybridized carbons (Fsp3) is 0.391. The van der Waals surface area contributed by atoms with E-state index in [1.165, 1.54) is 11.1 Å². The maximum absolute atomic E-state index is 12.4. The first-order valence-electron chi connectivity index (χ1n) is 9.66. The van der Waals surface area contributed by atoms with E-state index >= 15 is 0 Å². The molecule has 0 aromatic heterocycles. The molecule has 0 saturated heterocycles. The van der Waals surface area contributed by atoms with Crippen molar-refractivity contribution in [1.82, 2.24) is 0 Å². The molecular formula is C23H28N2O2. The topological polar surface area (TPSA) is 58.2 Å². The van der Waals surface area contributed by atoms with E-state index < -0.39 is 0 Å². The Kier molecular flexibility index (Phi) is 5.64. The Labute approximate surface area is 161 Å². The lowest BCUT2D eigenvalue weighted by atomic mass is 10.0. The summed E-state index contributed by atoms with van der Waals surface area (Å²) in [5.41, 5.74) is 4.03. The highest BCUT2D eigenvalue weighted by molar-refractivity contribution is 6.03. The van der Waals surface area contributed by atoms with Gasteiger partial charge in [-0.2, -0.15) is 0 Å². The number of hydrogen-bond donors (Lipinski definition) is 2. The van der Waals surface area contributed by atoms with Crippen molar-refractivity contribution in [3.05, 3.63) is 59.7 Å². The van der Waals surface area contributed by atoms with Crippen molar-refractivity contribution < 1.29 is 9.59 Å². The fourth-order valence-corrected chi connectivity index (χ4v) is 3.15. The lowest BCUT2D eigenvalue weighted by Gasteiger charge is -2.09. The standard InChI is InChI=1S/C23H28N2O2/c1-14(2)16-5-9-18(10-6-16)24-22(26)20-13-21(20)23(27)25-19-11-7-17(8-12-19)15(3)4/h5-12,14-15,20-21H,13H2,1-4H3,(H,24,26)(H,25,27). The van der Waals surface area contributed by atoms with Crippen LogP contribution in [0.5, 0.6) is 0 Å². The van der Waals surface area contributed by atoms with Crippen molar-refractivity contribution in [3.63, 3.8) is 0 Å². The summed E-state index contributed by atoms with van der Waals surface area (Å²) in [5.74, 6) is 0.265. The molecule has 2 aromatic rings. The van der Waals surface area contributed by atoms with E-state index in [4.69, 9.17) is 0 Å². The maximum atomic E-state index is 12.4. The molecule has 2 aromatic carbocycles. The number of carbonyl (C=O) groups excluding carboxylic acids is 2. The summed E-state index contributed by atoms with van der Waals surface area (Å²) in [4.78, 5) is 24.8. The number of anilines is 2. The van der Waals surface area contributed by atoms with E-state index in [-0.39, 0.29) is 23.7 Å². The normalized spacial score (nSPS) is 18.4. The van der Waals surface area contributed by atoms with Crippen molar-refractivity contribution >= 4 is 23.2 Å². The molecule has 27 heavy (non-hydrogen) atoms. The van der Waals surface area contributed by atoms with E-state index in [9.17, 15) is 9.59 Å². The minimum Gasteiger partial charge on any atom is -0.326 e. The molecular weight excluding hydrogens is 336 g/mol. The van der Waals surface area contributed by atoms with Gasteiger partial charge in [-0.1, -0.05) is 52.0 Å². The number of amides is 2. The molecule has 4 nitrogen and oxygen atoms in total. The van der Waals surface area contributed by atoms with Crippen LogP contribution >= 0.6 is 0 Å². The van der Waals surface area contributed by atoms with Crippen LogP contribution in [0.3, 0.4) is 0 Å². The van der Waals surface area contributed by atoms with Crippen LogP contribution in [0.4, 0.5) is 11.4 Å². The molecule has 0 spiro atoms. The van der Waals surface area contributed by atoms with Crippen LogP contribution < -0.4 is 10.6 Å². The quantitative estimate of drug-likeness (QED) is 0.745. The molecule has 3 rings (SSSR count). The number of nitrogens with one attached hydrogen (secondary N) is 2. The predicted octanol–water partition coefficient (Wildman–Crippen LogP) is 5.15. The van der Waals surface area contributed by atoms with Gasteiger partial charge in [0.2, 0.25) is 11.8 Å². The molecule has 142 valence electrons. The van der Waals surface area contributed by atoms with Crippen LogP contribution in [-0.4, -0.2) is 11.8 Å². The highest BCUT2D eigenvalue weighted by Crippen LogP contribution is 2.40. The summed E-state index contributed by atoms with van der Waals surface area (Å²) in [6, 6.07) is 15.8. The third-order valence-corrected chi connectivity index (χ3v) is 5.15. The average molecular weight is 364 g/mol. The Balaban J connectivity index is 1.52. The van der Waals surface area contributed by atoms with Gasteiger partial charge in [-0.15, -0.1) is 0 Å². The van der Waals surface area contributed by atoms with Gasteiger partial charge in [0, 0.05) is 11.4 Å². The van der Waals surface area contributed by atoms with Gasteiger partial charge in [0.1, 0.15) is 0 Å². The van der Waals surface area contributed by atoms with E-state index in [1.54, 1.807) is 0 Å². The molecule has 0 radical (unpaired) electrons. The predicted molar refractivity (Wildman–Crippen MR) is 110 cm³/mol. The molecule has 0 aliphatic heterocycles. The Hall–Kier alpha value is -2.62. The summed E-state index contributed by atoms with van der Waals surface area (Å²) in [7, 11) is 0. The lowest BCUT2D eigenvalue weighted by molar-refractivity contribution is -0.122. The second-order valence-electron chi connectivity index (χ2n) is 7.98. The molecule has 2 unspecified atom stereocenters. The van der Waals surface area contributed by atoms with E-state index in [2.05, 4.69) is 38.3 Å². The molecule has 1 fully saturated rings. The fourth-order valence-electron chi connectivity index (χ4n) is 3.15. The molecule has 1 aliphatic carbocycles. The van der Waals surface area contributed by atoms with E-state index in [0.29, 0.717) is 18.3 Å². The summed E-state index contributed by atoms with van der Waals surface area (Å²) >= 11 is 0. The lowest BCUT2D eigenvalue weighted by Crippen LogP contribution is -2.20. The van der Waals surface area contributed by atoms with Gasteiger partial charge in [-0.05, 0) is 53.6 Å².